The van der Waals surface area contributed by atoms with Crippen LogP contribution >= 0.6 is 0 Å². The molecular weight excluding hydrogens is 299 g/mol. The summed E-state index contributed by atoms with van der Waals surface area (Å²) in [6.45, 7) is 2.96. The fraction of sp³-hybridized carbons (Fsp3) is 0.250. The average Bonchev–Trinajstić information content (AvgIpc) is 2.99. The number of aromatic hydroxyl groups is 1. The van der Waals surface area contributed by atoms with Gasteiger partial charge in [0.1, 0.15) is 11.5 Å². The second kappa shape index (κ2) is 5.51. The number of H-pyrrole nitrogens is 1. The van der Waals surface area contributed by atoms with E-state index in [9.17, 15) is 9.50 Å². The van der Waals surface area contributed by atoms with Crippen LogP contribution in [0.1, 0.15) is 0 Å². The van der Waals surface area contributed by atoms with Gasteiger partial charge in [-0.15, -0.1) is 0 Å². The largest absolute Gasteiger partial charge is 0.505 e. The maximum absolute atomic E-state index is 13.4. The predicted octanol–water partition coefficient (Wildman–Crippen LogP) is 2.31. The summed E-state index contributed by atoms with van der Waals surface area (Å²) in [6, 6.07) is 6.42. The molecule has 0 radical (unpaired) electrons. The maximum Gasteiger partial charge on any atom is 0.166 e. The van der Waals surface area contributed by atoms with Crippen LogP contribution in [0.4, 0.5) is 10.2 Å². The lowest BCUT2D eigenvalue weighted by Gasteiger charge is -2.27. The van der Waals surface area contributed by atoms with Gasteiger partial charge in [-0.25, -0.2) is 9.37 Å². The fourth-order valence-electron chi connectivity index (χ4n) is 2.78. The number of anilines is 1. The van der Waals surface area contributed by atoms with E-state index in [1.54, 1.807) is 6.20 Å². The van der Waals surface area contributed by atoms with Crippen molar-refractivity contribution >= 4 is 16.7 Å². The van der Waals surface area contributed by atoms with E-state index in [0.717, 1.165) is 24.5 Å². The highest BCUT2D eigenvalue weighted by Gasteiger charge is 2.16. The van der Waals surface area contributed by atoms with E-state index in [2.05, 4.69) is 20.1 Å². The number of rotatable bonds is 2. The number of pyridine rings is 1. The van der Waals surface area contributed by atoms with Crippen molar-refractivity contribution in [3.05, 3.63) is 36.3 Å². The summed E-state index contributed by atoms with van der Waals surface area (Å²) in [6.07, 6.45) is 1.73. The summed E-state index contributed by atoms with van der Waals surface area (Å²) in [7, 11) is 0. The number of benzene rings is 1. The van der Waals surface area contributed by atoms with Gasteiger partial charge in [0.25, 0.3) is 0 Å². The third kappa shape index (κ3) is 2.49. The molecule has 3 aromatic rings. The molecule has 2 aromatic heterocycles. The van der Waals surface area contributed by atoms with Crippen molar-refractivity contribution in [1.82, 2.24) is 15.2 Å². The van der Waals surface area contributed by atoms with Gasteiger partial charge in [0.2, 0.25) is 0 Å². The first-order valence-electron chi connectivity index (χ1n) is 7.38. The van der Waals surface area contributed by atoms with E-state index < -0.39 is 5.82 Å². The van der Waals surface area contributed by atoms with Crippen LogP contribution in [0.5, 0.6) is 5.75 Å². The molecule has 0 atom stereocenters. The lowest BCUT2D eigenvalue weighted by molar-refractivity contribution is 0.122. The van der Waals surface area contributed by atoms with Gasteiger partial charge in [-0.2, -0.15) is 5.10 Å². The molecule has 0 aliphatic carbocycles. The van der Waals surface area contributed by atoms with E-state index >= 15 is 0 Å². The number of phenols is 1. The molecule has 23 heavy (non-hydrogen) atoms. The van der Waals surface area contributed by atoms with Crippen molar-refractivity contribution in [2.45, 2.75) is 0 Å². The topological polar surface area (TPSA) is 74.3 Å². The molecule has 0 unspecified atom stereocenters. The molecule has 1 aliphatic heterocycles. The second-order valence-corrected chi connectivity index (χ2v) is 5.42. The predicted molar refractivity (Wildman–Crippen MR) is 84.0 cm³/mol. The number of halogens is 1. The van der Waals surface area contributed by atoms with E-state index in [1.165, 1.54) is 12.1 Å². The first-order valence-corrected chi connectivity index (χ1v) is 7.38. The molecule has 0 bridgehead atoms. The minimum atomic E-state index is -0.670. The summed E-state index contributed by atoms with van der Waals surface area (Å²) in [5, 5.41) is 17.3. The molecule has 118 valence electrons. The summed E-state index contributed by atoms with van der Waals surface area (Å²) < 4.78 is 18.8. The SMILES string of the molecule is Oc1cc2c(-c3ccnc(N4CCOCC4)c3)n[nH]c2cc1F. The average molecular weight is 314 g/mol. The van der Waals surface area contributed by atoms with Crippen LogP contribution in [0.2, 0.25) is 0 Å². The van der Waals surface area contributed by atoms with Crippen LogP contribution in [-0.2, 0) is 4.74 Å². The van der Waals surface area contributed by atoms with Gasteiger partial charge in [0.05, 0.1) is 18.7 Å². The van der Waals surface area contributed by atoms with Crippen LogP contribution in [-0.4, -0.2) is 46.6 Å². The number of morpholine rings is 1. The van der Waals surface area contributed by atoms with Crippen molar-refractivity contribution in [2.75, 3.05) is 31.2 Å². The molecular formula is C16H15FN4O2. The molecule has 6 nitrogen and oxygen atoms in total. The van der Waals surface area contributed by atoms with Crippen LogP contribution in [0.25, 0.3) is 22.2 Å². The van der Waals surface area contributed by atoms with E-state index in [0.29, 0.717) is 29.8 Å². The Balaban J connectivity index is 1.77. The molecule has 0 amide bonds. The van der Waals surface area contributed by atoms with E-state index in [4.69, 9.17) is 4.74 Å². The molecule has 0 spiro atoms. The van der Waals surface area contributed by atoms with Crippen molar-refractivity contribution < 1.29 is 14.2 Å². The Morgan fingerprint density at radius 2 is 2.04 bits per heavy atom. The highest BCUT2D eigenvalue weighted by atomic mass is 19.1. The summed E-state index contributed by atoms with van der Waals surface area (Å²) in [5.41, 5.74) is 2.06. The van der Waals surface area contributed by atoms with Gasteiger partial charge in [0, 0.05) is 36.3 Å². The van der Waals surface area contributed by atoms with Gasteiger partial charge in [0.15, 0.2) is 11.6 Å². The fourth-order valence-corrected chi connectivity index (χ4v) is 2.78. The van der Waals surface area contributed by atoms with Crippen LogP contribution in [0.15, 0.2) is 30.5 Å². The molecule has 0 saturated carbocycles. The van der Waals surface area contributed by atoms with Gasteiger partial charge >= 0.3 is 0 Å². The zero-order chi connectivity index (χ0) is 15.8. The molecule has 1 saturated heterocycles. The number of hydrogen-bond acceptors (Lipinski definition) is 5. The van der Waals surface area contributed by atoms with Gasteiger partial charge in [-0.1, -0.05) is 0 Å². The number of aromatic nitrogens is 3. The van der Waals surface area contributed by atoms with Crippen molar-refractivity contribution in [1.29, 1.82) is 0 Å². The van der Waals surface area contributed by atoms with Gasteiger partial charge in [-0.05, 0) is 18.2 Å². The third-order valence-corrected chi connectivity index (χ3v) is 3.98. The first-order chi connectivity index (χ1) is 11.2. The highest BCUT2D eigenvalue weighted by molar-refractivity contribution is 5.94. The first kappa shape index (κ1) is 14.0. The Morgan fingerprint density at radius 1 is 1.22 bits per heavy atom. The third-order valence-electron chi connectivity index (χ3n) is 3.98. The monoisotopic (exact) mass is 314 g/mol. The zero-order valence-corrected chi connectivity index (χ0v) is 12.3. The van der Waals surface area contributed by atoms with Gasteiger partial charge < -0.3 is 14.7 Å². The molecule has 2 N–H and O–H groups in total. The van der Waals surface area contributed by atoms with Crippen LogP contribution in [0, 0.1) is 5.82 Å². The number of fused-ring (bicyclic) bond motifs is 1. The lowest BCUT2D eigenvalue weighted by atomic mass is 10.1. The smallest absolute Gasteiger partial charge is 0.166 e. The van der Waals surface area contributed by atoms with E-state index in [-0.39, 0.29) is 5.75 Å². The standard InChI is InChI=1S/C16H15FN4O2/c17-12-9-13-11(8-14(12)22)16(20-19-13)10-1-2-18-15(7-10)21-3-5-23-6-4-21/h1-2,7-9,22H,3-6H2,(H,19,20). The summed E-state index contributed by atoms with van der Waals surface area (Å²) in [4.78, 5) is 6.56. The normalized spacial score (nSPS) is 15.3. The number of phenolic OH excluding ortho intramolecular Hbond substituents is 1. The second-order valence-electron chi connectivity index (χ2n) is 5.42. The molecule has 1 fully saturated rings. The molecule has 3 heterocycles. The number of ether oxygens (including phenoxy) is 1. The number of nitrogens with one attached hydrogen (secondary N) is 1. The summed E-state index contributed by atoms with van der Waals surface area (Å²) in [5.74, 6) is -0.202. The van der Waals surface area contributed by atoms with Crippen molar-refractivity contribution in [3.8, 4) is 17.0 Å². The molecule has 7 heteroatoms. The minimum Gasteiger partial charge on any atom is -0.505 e. The van der Waals surface area contributed by atoms with Crippen LogP contribution < -0.4 is 4.90 Å². The molecule has 1 aliphatic rings. The summed E-state index contributed by atoms with van der Waals surface area (Å²) >= 11 is 0. The quantitative estimate of drug-likeness (QED) is 0.759. The molecule has 4 rings (SSSR count). The Labute approximate surface area is 131 Å². The van der Waals surface area contributed by atoms with E-state index in [1.807, 2.05) is 12.1 Å². The Morgan fingerprint density at radius 3 is 2.87 bits per heavy atom. The van der Waals surface area contributed by atoms with Gasteiger partial charge in [-0.3, -0.25) is 5.10 Å². The Kier molecular flexibility index (Phi) is 3.34. The Bertz CT molecular complexity index is 858. The lowest BCUT2D eigenvalue weighted by Crippen LogP contribution is -2.36. The van der Waals surface area contributed by atoms with Crippen molar-refractivity contribution in [2.24, 2.45) is 0 Å². The molecule has 1 aromatic carbocycles. The Hall–Kier alpha value is -2.67. The zero-order valence-electron chi connectivity index (χ0n) is 12.3. The number of aromatic amines is 1. The number of hydrogen-bond donors (Lipinski definition) is 2. The van der Waals surface area contributed by atoms with Crippen LogP contribution in [0.3, 0.4) is 0 Å². The number of nitrogens with zero attached hydrogens (tertiary/aromatic N) is 3. The maximum atomic E-state index is 13.4. The van der Waals surface area contributed by atoms with Crippen molar-refractivity contribution in [3.63, 3.8) is 0 Å². The highest BCUT2D eigenvalue weighted by Crippen LogP contribution is 2.31. The minimum absolute atomic E-state index is 0.386.